The van der Waals surface area contributed by atoms with E-state index in [1.54, 1.807) is 6.92 Å². The van der Waals surface area contributed by atoms with E-state index in [9.17, 15) is 48.3 Å². The lowest BCUT2D eigenvalue weighted by Crippen LogP contribution is -2.61. The Balaban J connectivity index is 6.70. The third-order valence-corrected chi connectivity index (χ3v) is 11.8. The van der Waals surface area contributed by atoms with Crippen LogP contribution in [0.5, 0.6) is 0 Å². The second-order valence-corrected chi connectivity index (χ2v) is 21.1. The average Bonchev–Trinajstić information content (AvgIpc) is 3.27. The van der Waals surface area contributed by atoms with E-state index in [4.69, 9.17) is 17.2 Å². The van der Waals surface area contributed by atoms with Crippen molar-refractivity contribution in [1.29, 1.82) is 0 Å². The van der Waals surface area contributed by atoms with Gasteiger partial charge in [-0.3, -0.25) is 38.4 Å². The van der Waals surface area contributed by atoms with Gasteiger partial charge in [-0.05, 0) is 119 Å². The standard InChI is InChI=1S/C50H95N11O10/c1-13-33(12)42(61-44(64)35(19-15-17-21-52)56-45(65)36(22-28(2)3)54-41(62)27-53)49(69)59-39(25-31(8)9)48(68)58-38(24-30(6)7)47(67)57-37(23-29(4)5)46(66)55-34(18-14-16-20-51)43(63)60-40(50(70)71)26-32(10)11/h28-40,42H,13-27,51-53H2,1-12H3,(H,54,62)(H,55,66)(H,56,65)(H,57,67)(H,58,68)(H,59,69)(H,60,63)(H,61,64)(H,70,71)/t33-,34-,35-,36-,37-,38-,39-,40-,42-/m0/s1. The van der Waals surface area contributed by atoms with E-state index < -0.39 is 107 Å². The van der Waals surface area contributed by atoms with Crippen LogP contribution in [0.15, 0.2) is 0 Å². The highest BCUT2D eigenvalue weighted by Gasteiger charge is 2.36. The van der Waals surface area contributed by atoms with Crippen LogP contribution in [0.2, 0.25) is 0 Å². The molecule has 15 N–H and O–H groups in total. The second-order valence-electron chi connectivity index (χ2n) is 21.1. The number of carbonyl (C=O) groups excluding carboxylic acids is 8. The summed E-state index contributed by atoms with van der Waals surface area (Å²) in [6.45, 7) is 22.6. The van der Waals surface area contributed by atoms with Crippen molar-refractivity contribution in [2.24, 2.45) is 52.7 Å². The van der Waals surface area contributed by atoms with Gasteiger partial charge in [0.1, 0.15) is 48.3 Å². The first-order chi connectivity index (χ1) is 33.2. The van der Waals surface area contributed by atoms with Crippen molar-refractivity contribution in [3.8, 4) is 0 Å². The number of amides is 8. The highest BCUT2D eigenvalue weighted by atomic mass is 16.4. The maximum Gasteiger partial charge on any atom is 0.326 e. The molecule has 0 bridgehead atoms. The topological polar surface area (TPSA) is 348 Å². The molecular formula is C50H95N11O10. The lowest BCUT2D eigenvalue weighted by Gasteiger charge is -2.30. The van der Waals surface area contributed by atoms with Crippen LogP contribution in [0.25, 0.3) is 0 Å². The van der Waals surface area contributed by atoms with Crippen molar-refractivity contribution in [3.05, 3.63) is 0 Å². The van der Waals surface area contributed by atoms with E-state index in [0.717, 1.165) is 0 Å². The van der Waals surface area contributed by atoms with Crippen LogP contribution in [0.1, 0.15) is 160 Å². The predicted octanol–water partition coefficient (Wildman–Crippen LogP) is 1.44. The number of carboxylic acid groups (broad SMARTS) is 1. The highest BCUT2D eigenvalue weighted by molar-refractivity contribution is 5.98. The van der Waals surface area contributed by atoms with Crippen molar-refractivity contribution in [2.75, 3.05) is 19.6 Å². The second kappa shape index (κ2) is 35.3. The van der Waals surface area contributed by atoms with Gasteiger partial charge in [0.05, 0.1) is 6.54 Å². The molecule has 0 aromatic heterocycles. The fourth-order valence-electron chi connectivity index (χ4n) is 7.86. The number of hydrogen-bond donors (Lipinski definition) is 12. The van der Waals surface area contributed by atoms with Crippen molar-refractivity contribution < 1.29 is 48.3 Å². The van der Waals surface area contributed by atoms with Gasteiger partial charge in [0.25, 0.3) is 0 Å². The van der Waals surface area contributed by atoms with Gasteiger partial charge < -0.3 is 64.8 Å². The number of hydrogen-bond acceptors (Lipinski definition) is 12. The Hall–Kier alpha value is -4.89. The summed E-state index contributed by atoms with van der Waals surface area (Å²) in [5, 5.41) is 31.8. The van der Waals surface area contributed by atoms with E-state index >= 15 is 0 Å². The molecule has 71 heavy (non-hydrogen) atoms. The number of carbonyl (C=O) groups is 9. The molecule has 21 heteroatoms. The first-order valence-corrected chi connectivity index (χ1v) is 26.0. The number of rotatable bonds is 37. The normalized spacial score (nSPS) is 15.4. The quantitative estimate of drug-likeness (QED) is 0.0393. The monoisotopic (exact) mass is 1010 g/mol. The van der Waals surface area contributed by atoms with Gasteiger partial charge in [-0.15, -0.1) is 0 Å². The Morgan fingerprint density at radius 1 is 0.380 bits per heavy atom. The molecule has 21 nitrogen and oxygen atoms in total. The summed E-state index contributed by atoms with van der Waals surface area (Å²) in [5.41, 5.74) is 16.9. The summed E-state index contributed by atoms with van der Waals surface area (Å²) in [4.78, 5) is 122. The molecule has 8 amide bonds. The number of unbranched alkanes of at least 4 members (excludes halogenated alkanes) is 2. The number of nitrogens with one attached hydrogen (secondary N) is 8. The first kappa shape index (κ1) is 66.1. The molecule has 0 aromatic rings. The molecule has 0 spiro atoms. The smallest absolute Gasteiger partial charge is 0.326 e. The minimum atomic E-state index is -1.20. The van der Waals surface area contributed by atoms with Crippen LogP contribution >= 0.6 is 0 Å². The SMILES string of the molecule is CC[C@H](C)[C@H](NC(=O)[C@H](CCCCN)NC(=O)[C@H](CC(C)C)NC(=O)CN)C(=O)N[C@@H](CC(C)C)C(=O)N[C@@H](CC(C)C)C(=O)N[C@@H](CC(C)C)C(=O)N[C@@H](CCCCN)C(=O)N[C@@H](CC(C)C)C(=O)O. The van der Waals surface area contributed by atoms with Crippen molar-refractivity contribution in [1.82, 2.24) is 42.5 Å². The van der Waals surface area contributed by atoms with E-state index in [1.165, 1.54) is 0 Å². The van der Waals surface area contributed by atoms with Gasteiger partial charge in [-0.2, -0.15) is 0 Å². The zero-order valence-corrected chi connectivity index (χ0v) is 45.0. The average molecular weight is 1010 g/mol. The summed E-state index contributed by atoms with van der Waals surface area (Å²) in [5.74, 6) is -7.09. The Labute approximate surface area is 423 Å². The summed E-state index contributed by atoms with van der Waals surface area (Å²) >= 11 is 0. The van der Waals surface area contributed by atoms with Crippen LogP contribution in [0.4, 0.5) is 0 Å². The molecule has 0 aliphatic rings. The molecule has 0 saturated heterocycles. The van der Waals surface area contributed by atoms with Gasteiger partial charge in [0.15, 0.2) is 0 Å². The van der Waals surface area contributed by atoms with Crippen LogP contribution in [0, 0.1) is 35.5 Å². The Kier molecular flexibility index (Phi) is 32.8. The number of nitrogens with two attached hydrogens (primary N) is 3. The molecule has 0 heterocycles. The molecule has 0 aliphatic carbocycles. The minimum Gasteiger partial charge on any atom is -0.480 e. The molecular weight excluding hydrogens is 915 g/mol. The van der Waals surface area contributed by atoms with Crippen LogP contribution in [-0.2, 0) is 43.2 Å². The minimum absolute atomic E-state index is 0.0132. The third-order valence-electron chi connectivity index (χ3n) is 11.8. The van der Waals surface area contributed by atoms with Crippen molar-refractivity contribution >= 4 is 53.2 Å². The maximum atomic E-state index is 14.3. The molecule has 0 radical (unpaired) electrons. The molecule has 0 saturated carbocycles. The first-order valence-electron chi connectivity index (χ1n) is 26.0. The predicted molar refractivity (Wildman–Crippen MR) is 275 cm³/mol. The third kappa shape index (κ3) is 27.5. The summed E-state index contributed by atoms with van der Waals surface area (Å²) < 4.78 is 0. The summed E-state index contributed by atoms with van der Waals surface area (Å²) in [7, 11) is 0. The van der Waals surface area contributed by atoms with E-state index in [1.807, 2.05) is 76.2 Å². The molecule has 0 unspecified atom stereocenters. The lowest BCUT2D eigenvalue weighted by atomic mass is 9.95. The zero-order valence-electron chi connectivity index (χ0n) is 45.0. The van der Waals surface area contributed by atoms with Gasteiger partial charge in [-0.1, -0.05) is 89.5 Å². The van der Waals surface area contributed by atoms with Crippen molar-refractivity contribution in [3.63, 3.8) is 0 Å². The van der Waals surface area contributed by atoms with Crippen LogP contribution < -0.4 is 59.7 Å². The largest absolute Gasteiger partial charge is 0.480 e. The van der Waals surface area contributed by atoms with E-state index in [0.29, 0.717) is 45.2 Å². The van der Waals surface area contributed by atoms with Gasteiger partial charge in [-0.25, -0.2) is 4.79 Å². The molecule has 0 aromatic carbocycles. The van der Waals surface area contributed by atoms with Crippen LogP contribution in [0.3, 0.4) is 0 Å². The number of carboxylic acids is 1. The molecule has 410 valence electrons. The van der Waals surface area contributed by atoms with Gasteiger partial charge >= 0.3 is 5.97 Å². The Morgan fingerprint density at radius 2 is 0.662 bits per heavy atom. The van der Waals surface area contributed by atoms with Crippen LogP contribution in [-0.4, -0.2) is 126 Å². The molecule has 9 atom stereocenters. The Morgan fingerprint density at radius 3 is 0.972 bits per heavy atom. The highest BCUT2D eigenvalue weighted by Crippen LogP contribution is 2.16. The fourth-order valence-corrected chi connectivity index (χ4v) is 7.86. The number of aliphatic carboxylic acids is 1. The summed E-state index contributed by atoms with van der Waals surface area (Å²) in [6, 6.07) is -8.98. The van der Waals surface area contributed by atoms with Gasteiger partial charge in [0, 0.05) is 0 Å². The molecule has 0 fully saturated rings. The Bertz CT molecular complexity index is 1680. The molecule has 0 aliphatic heterocycles. The zero-order chi connectivity index (χ0) is 54.5. The maximum absolute atomic E-state index is 14.3. The molecule has 0 rings (SSSR count). The summed E-state index contributed by atoms with van der Waals surface area (Å²) in [6.07, 6.45) is 3.80. The van der Waals surface area contributed by atoms with E-state index in [2.05, 4.69) is 42.5 Å². The van der Waals surface area contributed by atoms with E-state index in [-0.39, 0.29) is 81.1 Å². The van der Waals surface area contributed by atoms with Crippen molar-refractivity contribution in [2.45, 2.75) is 208 Å². The lowest BCUT2D eigenvalue weighted by molar-refractivity contribution is -0.143. The van der Waals surface area contributed by atoms with Gasteiger partial charge in [0.2, 0.25) is 47.3 Å². The fraction of sp³-hybridized carbons (Fsp3) is 0.820.